The zero-order chi connectivity index (χ0) is 17.0. The molecule has 0 saturated carbocycles. The van der Waals surface area contributed by atoms with Crippen molar-refractivity contribution in [1.29, 1.82) is 0 Å². The van der Waals surface area contributed by atoms with Crippen molar-refractivity contribution in [2.24, 2.45) is 5.73 Å². The van der Waals surface area contributed by atoms with Gasteiger partial charge in [-0.3, -0.25) is 19.5 Å². The Morgan fingerprint density at radius 1 is 1.30 bits per heavy atom. The number of rotatable bonds is 5. The lowest BCUT2D eigenvalue weighted by Crippen LogP contribution is -2.34. The average molecular weight is 492 g/mol. The van der Waals surface area contributed by atoms with E-state index < -0.39 is 17.7 Å². The van der Waals surface area contributed by atoms with Gasteiger partial charge in [0, 0.05) is 13.6 Å². The number of hydrogen-bond acceptors (Lipinski definition) is 4. The molecule has 0 fully saturated rings. The van der Waals surface area contributed by atoms with Crippen LogP contribution >= 0.6 is 38.5 Å². The molecule has 2 rings (SSSR count). The lowest BCUT2D eigenvalue weighted by molar-refractivity contribution is -0.117. The van der Waals surface area contributed by atoms with Crippen molar-refractivity contribution in [3.8, 4) is 0 Å². The molecule has 120 valence electrons. The number of carbonyl (C=O) groups is 3. The van der Waals surface area contributed by atoms with E-state index in [2.05, 4.69) is 59.4 Å². The fraction of sp³-hybridized carbons (Fsp3) is 0.0769. The fourth-order valence-electron chi connectivity index (χ4n) is 1.64. The second kappa shape index (κ2) is 7.55. The van der Waals surface area contributed by atoms with Crippen LogP contribution in [0, 0.1) is 3.57 Å². The minimum atomic E-state index is -0.674. The van der Waals surface area contributed by atoms with Gasteiger partial charge >= 0.3 is 0 Å². The molecule has 5 N–H and O–H groups in total. The van der Waals surface area contributed by atoms with Crippen molar-refractivity contribution in [2.75, 3.05) is 11.9 Å². The topological polar surface area (TPSA) is 130 Å². The number of aromatic amines is 1. The van der Waals surface area contributed by atoms with E-state index in [4.69, 9.17) is 5.73 Å². The number of aromatic nitrogens is 2. The Morgan fingerprint density at radius 3 is 2.70 bits per heavy atom. The maximum absolute atomic E-state index is 12.2. The summed E-state index contributed by atoms with van der Waals surface area (Å²) in [7, 11) is 0. The van der Waals surface area contributed by atoms with E-state index in [1.54, 1.807) is 18.2 Å². The molecule has 0 bridgehead atoms. The molecule has 1 aromatic heterocycles. The first kappa shape index (κ1) is 17.4. The quantitative estimate of drug-likeness (QED) is 0.469. The van der Waals surface area contributed by atoms with Gasteiger partial charge in [-0.05, 0) is 56.7 Å². The third kappa shape index (κ3) is 4.51. The average Bonchev–Trinajstić information content (AvgIpc) is 2.95. The molecule has 0 aliphatic rings. The van der Waals surface area contributed by atoms with Crippen LogP contribution in [0.3, 0.4) is 0 Å². The molecule has 0 spiro atoms. The predicted molar refractivity (Wildman–Crippen MR) is 94.9 cm³/mol. The molecule has 0 atom stereocenters. The van der Waals surface area contributed by atoms with Crippen LogP contribution in [0.25, 0.3) is 0 Å². The van der Waals surface area contributed by atoms with Gasteiger partial charge in [0.25, 0.3) is 11.8 Å². The molecule has 8 nitrogen and oxygen atoms in total. The number of anilines is 1. The normalized spacial score (nSPS) is 10.2. The highest BCUT2D eigenvalue weighted by atomic mass is 127. The van der Waals surface area contributed by atoms with E-state index in [-0.39, 0.29) is 17.9 Å². The largest absolute Gasteiger partial charge is 0.368 e. The Hall–Kier alpha value is -1.95. The number of H-pyrrole nitrogens is 1. The van der Waals surface area contributed by atoms with Gasteiger partial charge in [-0.1, -0.05) is 0 Å². The van der Waals surface area contributed by atoms with Gasteiger partial charge < -0.3 is 16.4 Å². The Labute approximate surface area is 152 Å². The molecule has 3 amide bonds. The number of amides is 3. The molecular weight excluding hydrogens is 481 g/mol. The first-order valence-electron chi connectivity index (χ1n) is 6.24. The van der Waals surface area contributed by atoms with E-state index in [1.165, 1.54) is 6.20 Å². The van der Waals surface area contributed by atoms with E-state index in [9.17, 15) is 14.4 Å². The van der Waals surface area contributed by atoms with Crippen LogP contribution in [0.2, 0.25) is 0 Å². The van der Waals surface area contributed by atoms with Crippen LogP contribution < -0.4 is 16.4 Å². The minimum absolute atomic E-state index is 0.0316. The summed E-state index contributed by atoms with van der Waals surface area (Å²) in [6.07, 6.45) is 1.30. The van der Waals surface area contributed by atoms with Crippen LogP contribution in [0.15, 0.2) is 28.9 Å². The monoisotopic (exact) mass is 491 g/mol. The Balaban J connectivity index is 2.13. The van der Waals surface area contributed by atoms with Crippen LogP contribution in [0.4, 0.5) is 5.69 Å². The number of nitrogens with zero attached hydrogens (tertiary/aromatic N) is 1. The summed E-state index contributed by atoms with van der Waals surface area (Å²) in [6.45, 7) is -0.310. The molecule has 0 aliphatic heterocycles. The predicted octanol–water partition coefficient (Wildman–Crippen LogP) is 1.24. The second-order valence-electron chi connectivity index (χ2n) is 4.39. The third-order valence-corrected chi connectivity index (χ3v) is 5.06. The number of primary amides is 1. The fourth-order valence-corrected chi connectivity index (χ4v) is 2.36. The third-order valence-electron chi connectivity index (χ3n) is 2.72. The van der Waals surface area contributed by atoms with Crippen molar-refractivity contribution < 1.29 is 14.4 Å². The first-order valence-corrected chi connectivity index (χ1v) is 8.12. The first-order chi connectivity index (χ1) is 10.9. The maximum Gasteiger partial charge on any atom is 0.271 e. The SMILES string of the molecule is NC(=O)CNC(=O)c1[nH]ncc1NC(=O)c1ccc(I)c(Br)c1. The maximum atomic E-state index is 12.2. The van der Waals surface area contributed by atoms with Gasteiger partial charge in [-0.25, -0.2) is 0 Å². The second-order valence-corrected chi connectivity index (χ2v) is 6.41. The number of hydrogen-bond donors (Lipinski definition) is 4. The van der Waals surface area contributed by atoms with Crippen LogP contribution in [-0.2, 0) is 4.79 Å². The Bertz CT molecular complexity index is 777. The van der Waals surface area contributed by atoms with Gasteiger partial charge in [-0.2, -0.15) is 5.10 Å². The van der Waals surface area contributed by atoms with Crippen molar-refractivity contribution in [3.63, 3.8) is 0 Å². The number of nitrogens with one attached hydrogen (secondary N) is 3. The number of carbonyl (C=O) groups excluding carboxylic acids is 3. The van der Waals surface area contributed by atoms with Crippen LogP contribution in [0.5, 0.6) is 0 Å². The highest BCUT2D eigenvalue weighted by Gasteiger charge is 2.17. The molecule has 10 heteroatoms. The summed E-state index contributed by atoms with van der Waals surface area (Å²) < 4.78 is 1.76. The van der Waals surface area contributed by atoms with Gasteiger partial charge in [0.05, 0.1) is 18.4 Å². The van der Waals surface area contributed by atoms with Crippen molar-refractivity contribution >= 4 is 61.9 Å². The minimum Gasteiger partial charge on any atom is -0.368 e. The lowest BCUT2D eigenvalue weighted by Gasteiger charge is -2.07. The zero-order valence-electron chi connectivity index (χ0n) is 11.5. The van der Waals surface area contributed by atoms with E-state index in [0.29, 0.717) is 5.56 Å². The van der Waals surface area contributed by atoms with Crippen molar-refractivity contribution in [1.82, 2.24) is 15.5 Å². The standard InChI is InChI=1S/C13H11BrIN5O3/c14-7-3-6(1-2-8(7)15)12(22)19-9-4-18-20-11(9)13(23)17-5-10(16)21/h1-4H,5H2,(H2,16,21)(H,17,23)(H,18,20)(H,19,22). The lowest BCUT2D eigenvalue weighted by atomic mass is 10.2. The molecule has 0 aliphatic carbocycles. The van der Waals surface area contributed by atoms with Crippen molar-refractivity contribution in [2.45, 2.75) is 0 Å². The summed E-state index contributed by atoms with van der Waals surface area (Å²) in [5.74, 6) is -1.67. The summed E-state index contributed by atoms with van der Waals surface area (Å²) >= 11 is 5.48. The van der Waals surface area contributed by atoms with E-state index in [1.807, 2.05) is 0 Å². The van der Waals surface area contributed by atoms with Gasteiger partial charge in [0.15, 0.2) is 0 Å². The van der Waals surface area contributed by atoms with Crippen molar-refractivity contribution in [3.05, 3.63) is 43.7 Å². The summed E-state index contributed by atoms with van der Waals surface area (Å²) in [4.78, 5) is 34.8. The van der Waals surface area contributed by atoms with Gasteiger partial charge in [0.2, 0.25) is 5.91 Å². The zero-order valence-corrected chi connectivity index (χ0v) is 15.3. The Morgan fingerprint density at radius 2 is 2.04 bits per heavy atom. The number of benzene rings is 1. The molecule has 0 saturated heterocycles. The molecule has 1 aromatic carbocycles. The smallest absolute Gasteiger partial charge is 0.271 e. The molecule has 1 heterocycles. The van der Waals surface area contributed by atoms with Gasteiger partial charge in [0.1, 0.15) is 5.69 Å². The Kier molecular flexibility index (Phi) is 5.71. The summed E-state index contributed by atoms with van der Waals surface area (Å²) in [5, 5.41) is 11.1. The molecule has 0 radical (unpaired) electrons. The summed E-state index contributed by atoms with van der Waals surface area (Å²) in [6, 6.07) is 5.12. The van der Waals surface area contributed by atoms with E-state index in [0.717, 1.165) is 8.04 Å². The highest BCUT2D eigenvalue weighted by molar-refractivity contribution is 14.1. The number of halogens is 2. The van der Waals surface area contributed by atoms with E-state index >= 15 is 0 Å². The number of nitrogens with two attached hydrogens (primary N) is 1. The van der Waals surface area contributed by atoms with Gasteiger partial charge in [-0.15, -0.1) is 0 Å². The van der Waals surface area contributed by atoms with Crippen LogP contribution in [-0.4, -0.2) is 34.5 Å². The molecule has 0 unspecified atom stereocenters. The molecule has 2 aromatic rings. The molecular formula is C13H11BrIN5O3. The van der Waals surface area contributed by atoms with Crippen LogP contribution in [0.1, 0.15) is 20.8 Å². The summed E-state index contributed by atoms with van der Waals surface area (Å²) in [5.41, 5.74) is 5.61. The highest BCUT2D eigenvalue weighted by Crippen LogP contribution is 2.21. The molecule has 23 heavy (non-hydrogen) atoms.